The van der Waals surface area contributed by atoms with E-state index in [1.54, 1.807) is 0 Å². The van der Waals surface area contributed by atoms with Crippen LogP contribution in [0.3, 0.4) is 0 Å². The predicted molar refractivity (Wildman–Crippen MR) is 69.1 cm³/mol. The fourth-order valence-electron chi connectivity index (χ4n) is 1.97. The molecule has 1 aromatic rings. The van der Waals surface area contributed by atoms with Gasteiger partial charge in [-0.15, -0.1) is 0 Å². The van der Waals surface area contributed by atoms with E-state index in [-0.39, 0.29) is 11.8 Å². The van der Waals surface area contributed by atoms with Crippen LogP contribution in [0.5, 0.6) is 0 Å². The Morgan fingerprint density at radius 2 is 1.88 bits per heavy atom. The first-order chi connectivity index (χ1) is 7.79. The van der Waals surface area contributed by atoms with Crippen molar-refractivity contribution >= 4 is 17.5 Å². The molecule has 0 aliphatic carbocycles. The summed E-state index contributed by atoms with van der Waals surface area (Å²) < 4.78 is 0. The standard InChI is InChI=1S/C13H17NOS/c1-11(14-7-9-16-10-8-14)13(15)12-5-3-2-4-6-12/h2-6,11H,7-10H2,1H3. The van der Waals surface area contributed by atoms with Crippen LogP contribution in [0, 0.1) is 0 Å². The normalized spacial score (nSPS) is 19.3. The van der Waals surface area contributed by atoms with Crippen LogP contribution in [0.1, 0.15) is 17.3 Å². The number of thioether (sulfide) groups is 1. The Hall–Kier alpha value is -0.800. The van der Waals surface area contributed by atoms with Gasteiger partial charge in [-0.3, -0.25) is 9.69 Å². The fourth-order valence-corrected chi connectivity index (χ4v) is 2.91. The van der Waals surface area contributed by atoms with E-state index in [4.69, 9.17) is 0 Å². The number of carbonyl (C=O) groups excluding carboxylic acids is 1. The number of Topliss-reactive ketones (excluding diaryl/α,β-unsaturated/α-hetero) is 1. The van der Waals surface area contributed by atoms with Crippen molar-refractivity contribution in [3.05, 3.63) is 35.9 Å². The number of carbonyl (C=O) groups is 1. The van der Waals surface area contributed by atoms with Crippen LogP contribution >= 0.6 is 11.8 Å². The van der Waals surface area contributed by atoms with Gasteiger partial charge in [0.25, 0.3) is 0 Å². The van der Waals surface area contributed by atoms with Gasteiger partial charge in [0.1, 0.15) is 0 Å². The minimum atomic E-state index is 0.0169. The molecule has 1 saturated heterocycles. The Balaban J connectivity index is 2.04. The van der Waals surface area contributed by atoms with Gasteiger partial charge in [-0.05, 0) is 6.92 Å². The van der Waals surface area contributed by atoms with E-state index >= 15 is 0 Å². The van der Waals surface area contributed by atoms with Crippen LogP contribution in [0.25, 0.3) is 0 Å². The monoisotopic (exact) mass is 235 g/mol. The van der Waals surface area contributed by atoms with Gasteiger partial charge in [-0.1, -0.05) is 30.3 Å². The summed E-state index contributed by atoms with van der Waals surface area (Å²) in [5.74, 6) is 2.53. The molecule has 1 aromatic carbocycles. The Kier molecular flexibility index (Phi) is 4.02. The number of hydrogen-bond donors (Lipinski definition) is 0. The SMILES string of the molecule is CC(C(=O)c1ccccc1)N1CCSCC1. The van der Waals surface area contributed by atoms with Crippen molar-refractivity contribution in [2.24, 2.45) is 0 Å². The van der Waals surface area contributed by atoms with Crippen LogP contribution in [0.4, 0.5) is 0 Å². The Morgan fingerprint density at radius 3 is 2.50 bits per heavy atom. The molecule has 86 valence electrons. The van der Waals surface area contributed by atoms with Gasteiger partial charge in [0.05, 0.1) is 6.04 Å². The van der Waals surface area contributed by atoms with Crippen LogP contribution in [-0.4, -0.2) is 41.3 Å². The van der Waals surface area contributed by atoms with Gasteiger partial charge in [0.15, 0.2) is 5.78 Å². The first kappa shape index (κ1) is 11.7. The molecule has 0 amide bonds. The molecule has 16 heavy (non-hydrogen) atoms. The first-order valence-electron chi connectivity index (χ1n) is 5.70. The van der Waals surface area contributed by atoms with Crippen molar-refractivity contribution in [3.8, 4) is 0 Å². The smallest absolute Gasteiger partial charge is 0.179 e. The highest BCUT2D eigenvalue weighted by Crippen LogP contribution is 2.15. The van der Waals surface area contributed by atoms with Crippen LogP contribution in [0.2, 0.25) is 0 Å². The maximum absolute atomic E-state index is 12.2. The molecule has 1 unspecified atom stereocenters. The molecule has 1 atom stereocenters. The van der Waals surface area contributed by atoms with Gasteiger partial charge in [0.2, 0.25) is 0 Å². The Morgan fingerprint density at radius 1 is 1.25 bits per heavy atom. The van der Waals surface area contributed by atoms with Crippen LogP contribution < -0.4 is 0 Å². The van der Waals surface area contributed by atoms with Crippen LogP contribution in [-0.2, 0) is 0 Å². The van der Waals surface area contributed by atoms with Crippen LogP contribution in [0.15, 0.2) is 30.3 Å². The summed E-state index contributed by atoms with van der Waals surface area (Å²) in [4.78, 5) is 14.5. The number of nitrogens with zero attached hydrogens (tertiary/aromatic N) is 1. The Bertz CT molecular complexity index is 346. The third-order valence-corrected chi connectivity index (χ3v) is 3.97. The molecule has 0 spiro atoms. The number of rotatable bonds is 3. The third-order valence-electron chi connectivity index (χ3n) is 3.03. The highest BCUT2D eigenvalue weighted by atomic mass is 32.2. The summed E-state index contributed by atoms with van der Waals surface area (Å²) in [6.45, 7) is 4.08. The summed E-state index contributed by atoms with van der Waals surface area (Å²) in [6, 6.07) is 9.61. The maximum atomic E-state index is 12.2. The predicted octanol–water partition coefficient (Wildman–Crippen LogP) is 2.31. The topological polar surface area (TPSA) is 20.3 Å². The molecule has 1 aliphatic heterocycles. The average molecular weight is 235 g/mol. The molecule has 3 heteroatoms. The Labute approximate surface area is 101 Å². The molecule has 1 fully saturated rings. The van der Waals surface area contributed by atoms with Gasteiger partial charge in [-0.25, -0.2) is 0 Å². The van der Waals surface area contributed by atoms with E-state index in [0.717, 1.165) is 30.2 Å². The van der Waals surface area contributed by atoms with Gasteiger partial charge in [-0.2, -0.15) is 11.8 Å². The second kappa shape index (κ2) is 5.51. The molecule has 1 heterocycles. The zero-order valence-corrected chi connectivity index (χ0v) is 10.4. The zero-order valence-electron chi connectivity index (χ0n) is 9.56. The van der Waals surface area contributed by atoms with Crippen molar-refractivity contribution < 1.29 is 4.79 Å². The van der Waals surface area contributed by atoms with Gasteiger partial charge in [0, 0.05) is 30.2 Å². The van der Waals surface area contributed by atoms with Crippen molar-refractivity contribution in [2.45, 2.75) is 13.0 Å². The van der Waals surface area contributed by atoms with E-state index in [1.807, 2.05) is 49.0 Å². The summed E-state index contributed by atoms with van der Waals surface area (Å²) in [7, 11) is 0. The third kappa shape index (κ3) is 2.66. The largest absolute Gasteiger partial charge is 0.292 e. The summed E-state index contributed by atoms with van der Waals surface area (Å²) in [5, 5.41) is 0. The number of benzene rings is 1. The van der Waals surface area contributed by atoms with E-state index in [9.17, 15) is 4.79 Å². The summed E-state index contributed by atoms with van der Waals surface area (Å²) in [6.07, 6.45) is 0. The fraction of sp³-hybridized carbons (Fsp3) is 0.462. The van der Waals surface area contributed by atoms with E-state index in [0.29, 0.717) is 0 Å². The second-order valence-electron chi connectivity index (χ2n) is 4.05. The van der Waals surface area contributed by atoms with Gasteiger partial charge < -0.3 is 0 Å². The molecule has 0 saturated carbocycles. The second-order valence-corrected chi connectivity index (χ2v) is 5.28. The molecule has 0 N–H and O–H groups in total. The quantitative estimate of drug-likeness (QED) is 0.750. The first-order valence-corrected chi connectivity index (χ1v) is 6.85. The molecule has 2 nitrogen and oxygen atoms in total. The number of ketones is 1. The average Bonchev–Trinajstić information content (AvgIpc) is 2.39. The molecular weight excluding hydrogens is 218 g/mol. The van der Waals surface area contributed by atoms with E-state index in [2.05, 4.69) is 4.90 Å². The molecule has 1 aliphatic rings. The number of hydrogen-bond acceptors (Lipinski definition) is 3. The lowest BCUT2D eigenvalue weighted by molar-refractivity contribution is 0.0851. The van der Waals surface area contributed by atoms with E-state index in [1.165, 1.54) is 0 Å². The minimum absolute atomic E-state index is 0.0169. The molecule has 0 radical (unpaired) electrons. The highest BCUT2D eigenvalue weighted by molar-refractivity contribution is 7.99. The molecule has 0 bridgehead atoms. The summed E-state index contributed by atoms with van der Waals surface area (Å²) in [5.41, 5.74) is 0.827. The van der Waals surface area contributed by atoms with E-state index < -0.39 is 0 Å². The lowest BCUT2D eigenvalue weighted by atomic mass is 10.0. The lowest BCUT2D eigenvalue weighted by Crippen LogP contribution is -2.43. The molecule has 2 rings (SSSR count). The zero-order chi connectivity index (χ0) is 11.4. The van der Waals surface area contributed by atoms with Crippen molar-refractivity contribution in [1.82, 2.24) is 4.90 Å². The van der Waals surface area contributed by atoms with Crippen molar-refractivity contribution in [2.75, 3.05) is 24.6 Å². The lowest BCUT2D eigenvalue weighted by Gasteiger charge is -2.31. The summed E-state index contributed by atoms with van der Waals surface area (Å²) >= 11 is 1.97. The van der Waals surface area contributed by atoms with Gasteiger partial charge >= 0.3 is 0 Å². The maximum Gasteiger partial charge on any atom is 0.179 e. The van der Waals surface area contributed by atoms with Crippen molar-refractivity contribution in [3.63, 3.8) is 0 Å². The van der Waals surface area contributed by atoms with Crippen molar-refractivity contribution in [1.29, 1.82) is 0 Å². The molecular formula is C13H17NOS. The minimum Gasteiger partial charge on any atom is -0.292 e. The molecule has 0 aromatic heterocycles. The highest BCUT2D eigenvalue weighted by Gasteiger charge is 2.23.